The summed E-state index contributed by atoms with van der Waals surface area (Å²) in [5, 5.41) is 41.5. The molecule has 0 unspecified atom stereocenters. The van der Waals surface area contributed by atoms with E-state index in [1.807, 2.05) is 0 Å². The standard InChI is InChI=1S/C7H6O2.C6H10O4.C5H12O2/c8-7(9)6-4-2-1-3-5-6;7-5(8)3-1-2-4-6(9)10;1-5(2,3-6)4-7/h1-5H,(H,8,9);1-4H2,(H,7,8)(H,9,10);6-7H,3-4H2,1-2H3. The van der Waals surface area contributed by atoms with Crippen LogP contribution in [0.4, 0.5) is 0 Å². The van der Waals surface area contributed by atoms with Gasteiger partial charge in [0.25, 0.3) is 0 Å². The maximum absolute atomic E-state index is 10.2. The number of hydrogen-bond donors (Lipinski definition) is 5. The van der Waals surface area contributed by atoms with Gasteiger partial charge in [-0.3, -0.25) is 9.59 Å². The van der Waals surface area contributed by atoms with Crippen molar-refractivity contribution in [2.45, 2.75) is 39.5 Å². The van der Waals surface area contributed by atoms with Crippen LogP contribution in [0.2, 0.25) is 0 Å². The van der Waals surface area contributed by atoms with E-state index in [0.29, 0.717) is 18.4 Å². The van der Waals surface area contributed by atoms with E-state index < -0.39 is 17.9 Å². The van der Waals surface area contributed by atoms with E-state index in [0.717, 1.165) is 0 Å². The van der Waals surface area contributed by atoms with Crippen LogP contribution in [-0.4, -0.2) is 56.7 Å². The van der Waals surface area contributed by atoms with Crippen molar-refractivity contribution in [3.8, 4) is 0 Å². The molecule has 0 heterocycles. The molecule has 0 saturated heterocycles. The van der Waals surface area contributed by atoms with Gasteiger partial charge in [0, 0.05) is 18.3 Å². The fourth-order valence-corrected chi connectivity index (χ4v) is 1.18. The Morgan fingerprint density at radius 3 is 1.38 bits per heavy atom. The van der Waals surface area contributed by atoms with Crippen molar-refractivity contribution in [3.05, 3.63) is 35.9 Å². The lowest BCUT2D eigenvalue weighted by molar-refractivity contribution is -0.139. The van der Waals surface area contributed by atoms with Gasteiger partial charge in [-0.25, -0.2) is 4.79 Å². The first kappa shape index (κ1) is 25.8. The van der Waals surface area contributed by atoms with Gasteiger partial charge in [-0.05, 0) is 25.0 Å². The second kappa shape index (κ2) is 14.9. The van der Waals surface area contributed by atoms with Gasteiger partial charge in [-0.1, -0.05) is 32.0 Å². The number of hydrogen-bond acceptors (Lipinski definition) is 5. The van der Waals surface area contributed by atoms with Crippen LogP contribution in [0.3, 0.4) is 0 Å². The van der Waals surface area contributed by atoms with E-state index in [2.05, 4.69) is 0 Å². The molecule has 0 saturated carbocycles. The summed E-state index contributed by atoms with van der Waals surface area (Å²) in [4.78, 5) is 30.0. The number of aromatic carboxylic acids is 1. The van der Waals surface area contributed by atoms with Crippen molar-refractivity contribution in [3.63, 3.8) is 0 Å². The molecule has 0 spiro atoms. The monoisotopic (exact) mass is 372 g/mol. The Balaban J connectivity index is 0. The first-order valence-electron chi connectivity index (χ1n) is 7.99. The second-order valence-corrected chi connectivity index (χ2v) is 6.15. The third kappa shape index (κ3) is 17.9. The van der Waals surface area contributed by atoms with Crippen LogP contribution in [0, 0.1) is 5.41 Å². The number of rotatable bonds is 8. The molecule has 8 nitrogen and oxygen atoms in total. The lowest BCUT2D eigenvalue weighted by Crippen LogP contribution is -2.20. The summed E-state index contributed by atoms with van der Waals surface area (Å²) in [6.07, 6.45) is 1.02. The summed E-state index contributed by atoms with van der Waals surface area (Å²) >= 11 is 0. The summed E-state index contributed by atoms with van der Waals surface area (Å²) in [6, 6.07) is 8.30. The zero-order chi connectivity index (χ0) is 20.6. The molecule has 1 aromatic rings. The van der Waals surface area contributed by atoms with Crippen LogP contribution in [-0.2, 0) is 9.59 Å². The Hall–Kier alpha value is -2.45. The number of aliphatic hydroxyl groups is 2. The molecule has 0 atom stereocenters. The Kier molecular flexibility index (Phi) is 14.7. The number of carbonyl (C=O) groups is 3. The molecule has 0 fully saturated rings. The smallest absolute Gasteiger partial charge is 0.335 e. The molecule has 26 heavy (non-hydrogen) atoms. The van der Waals surface area contributed by atoms with Crippen molar-refractivity contribution < 1.29 is 39.9 Å². The molecular weight excluding hydrogens is 344 g/mol. The minimum absolute atomic E-state index is 0.0451. The van der Waals surface area contributed by atoms with Crippen LogP contribution in [0.5, 0.6) is 0 Å². The lowest BCUT2D eigenvalue weighted by Gasteiger charge is -2.16. The number of unbranched alkanes of at least 4 members (excludes halogenated alkanes) is 1. The minimum atomic E-state index is -0.879. The number of benzene rings is 1. The highest BCUT2D eigenvalue weighted by molar-refractivity contribution is 5.87. The van der Waals surface area contributed by atoms with E-state index in [1.54, 1.807) is 44.2 Å². The molecule has 1 rings (SSSR count). The van der Waals surface area contributed by atoms with Crippen LogP contribution in [0.25, 0.3) is 0 Å². The van der Waals surface area contributed by atoms with Gasteiger partial charge >= 0.3 is 17.9 Å². The summed E-state index contributed by atoms with van der Waals surface area (Å²) < 4.78 is 0. The summed E-state index contributed by atoms with van der Waals surface area (Å²) in [5.74, 6) is -2.62. The summed E-state index contributed by atoms with van der Waals surface area (Å²) in [6.45, 7) is 3.69. The second-order valence-electron chi connectivity index (χ2n) is 6.15. The fourth-order valence-electron chi connectivity index (χ4n) is 1.18. The molecule has 8 heteroatoms. The SMILES string of the molecule is CC(C)(CO)CO.O=C(O)CCCCC(=O)O.O=C(O)c1ccccc1. The van der Waals surface area contributed by atoms with Gasteiger partial charge in [0.2, 0.25) is 0 Å². The molecule has 0 amide bonds. The number of carboxylic acid groups (broad SMARTS) is 3. The van der Waals surface area contributed by atoms with E-state index in [9.17, 15) is 14.4 Å². The van der Waals surface area contributed by atoms with Crippen molar-refractivity contribution in [2.24, 2.45) is 5.41 Å². The molecule has 0 aromatic heterocycles. The van der Waals surface area contributed by atoms with Gasteiger partial charge in [-0.2, -0.15) is 0 Å². The molecular formula is C18H28O8. The Morgan fingerprint density at radius 2 is 1.19 bits per heavy atom. The number of aliphatic carboxylic acids is 2. The van der Waals surface area contributed by atoms with Crippen molar-refractivity contribution in [2.75, 3.05) is 13.2 Å². The third-order valence-corrected chi connectivity index (χ3v) is 2.91. The number of carboxylic acids is 3. The van der Waals surface area contributed by atoms with Crippen molar-refractivity contribution >= 4 is 17.9 Å². The largest absolute Gasteiger partial charge is 0.481 e. The van der Waals surface area contributed by atoms with Crippen LogP contribution in [0.1, 0.15) is 49.9 Å². The maximum Gasteiger partial charge on any atom is 0.335 e. The van der Waals surface area contributed by atoms with Gasteiger partial charge in [-0.15, -0.1) is 0 Å². The third-order valence-electron chi connectivity index (χ3n) is 2.91. The van der Waals surface area contributed by atoms with Gasteiger partial charge < -0.3 is 25.5 Å². The Morgan fingerprint density at radius 1 is 0.808 bits per heavy atom. The van der Waals surface area contributed by atoms with E-state index in [4.69, 9.17) is 25.5 Å². The predicted molar refractivity (Wildman–Crippen MR) is 95.1 cm³/mol. The molecule has 0 radical (unpaired) electrons. The minimum Gasteiger partial charge on any atom is -0.481 e. The quantitative estimate of drug-likeness (QED) is 0.435. The zero-order valence-electron chi connectivity index (χ0n) is 15.1. The Bertz CT molecular complexity index is 503. The topological polar surface area (TPSA) is 152 Å². The summed E-state index contributed by atoms with van der Waals surface area (Å²) in [5.41, 5.74) is 0.0255. The van der Waals surface area contributed by atoms with Crippen molar-refractivity contribution in [1.82, 2.24) is 0 Å². The lowest BCUT2D eigenvalue weighted by atomic mass is 9.97. The van der Waals surface area contributed by atoms with E-state index in [1.165, 1.54) is 0 Å². The fraction of sp³-hybridized carbons (Fsp3) is 0.500. The molecule has 0 aliphatic rings. The zero-order valence-corrected chi connectivity index (χ0v) is 15.1. The van der Waals surface area contributed by atoms with Gasteiger partial charge in [0.1, 0.15) is 0 Å². The maximum atomic E-state index is 10.2. The van der Waals surface area contributed by atoms with Crippen LogP contribution < -0.4 is 0 Å². The summed E-state index contributed by atoms with van der Waals surface area (Å²) in [7, 11) is 0. The molecule has 1 aromatic carbocycles. The average Bonchev–Trinajstić information content (AvgIpc) is 2.60. The highest BCUT2D eigenvalue weighted by Crippen LogP contribution is 2.10. The highest BCUT2D eigenvalue weighted by Gasteiger charge is 2.13. The first-order valence-corrected chi connectivity index (χ1v) is 7.99. The Labute approximate surface area is 152 Å². The first-order chi connectivity index (χ1) is 12.1. The molecule has 5 N–H and O–H groups in total. The van der Waals surface area contributed by atoms with Gasteiger partial charge in [0.15, 0.2) is 0 Å². The van der Waals surface area contributed by atoms with E-state index >= 15 is 0 Å². The number of aliphatic hydroxyl groups excluding tert-OH is 2. The van der Waals surface area contributed by atoms with Gasteiger partial charge in [0.05, 0.1) is 18.8 Å². The van der Waals surface area contributed by atoms with Crippen molar-refractivity contribution in [1.29, 1.82) is 0 Å². The molecule has 0 aliphatic heterocycles. The van der Waals surface area contributed by atoms with Crippen LogP contribution >= 0.6 is 0 Å². The van der Waals surface area contributed by atoms with Crippen LogP contribution in [0.15, 0.2) is 30.3 Å². The molecule has 0 aliphatic carbocycles. The molecule has 148 valence electrons. The van der Waals surface area contributed by atoms with E-state index in [-0.39, 0.29) is 31.5 Å². The predicted octanol–water partition coefficient (Wildman–Crippen LogP) is 2.10. The normalized spacial score (nSPS) is 9.85. The molecule has 0 bridgehead atoms. The average molecular weight is 372 g/mol. The highest BCUT2D eigenvalue weighted by atomic mass is 16.4.